The Bertz CT molecular complexity index is 931. The molecule has 1 N–H and O–H groups in total. The molecule has 4 rings (SSSR count). The number of amides is 1. The average molecular weight is 381 g/mol. The van der Waals surface area contributed by atoms with Crippen LogP contribution in [0.5, 0.6) is 0 Å². The molecule has 0 unspecified atom stereocenters. The fourth-order valence-electron chi connectivity index (χ4n) is 5.11. The second kappa shape index (κ2) is 7.41. The number of carboxylic acid groups (broad SMARTS) is 1. The van der Waals surface area contributed by atoms with Gasteiger partial charge in [0.05, 0.1) is 12.0 Å². The van der Waals surface area contributed by atoms with Gasteiger partial charge in [0.15, 0.2) is 0 Å². The maximum Gasteiger partial charge on any atom is 0.407 e. The molecule has 2 heterocycles. The monoisotopic (exact) mass is 381 g/mol. The van der Waals surface area contributed by atoms with Gasteiger partial charge in [-0.1, -0.05) is 37.1 Å². The Morgan fingerprint density at radius 3 is 2.71 bits per heavy atom. The molecule has 1 aliphatic heterocycles. The van der Waals surface area contributed by atoms with Gasteiger partial charge in [0.2, 0.25) is 0 Å². The van der Waals surface area contributed by atoms with Crippen LogP contribution in [-0.2, 0) is 6.54 Å². The smallest absolute Gasteiger partial charge is 0.407 e. The van der Waals surface area contributed by atoms with E-state index >= 15 is 0 Å². The Kier molecular flexibility index (Phi) is 4.96. The molecule has 1 saturated heterocycles. The third-order valence-electron chi connectivity index (χ3n) is 6.71. The first kappa shape index (κ1) is 18.7. The molecule has 6 heteroatoms. The number of aryl methyl sites for hydroxylation is 1. The molecular formula is C22H27N3O3. The molecule has 1 aromatic carbocycles. The quantitative estimate of drug-likeness (QED) is 0.878. The first-order chi connectivity index (χ1) is 13.5. The van der Waals surface area contributed by atoms with Crippen molar-refractivity contribution in [2.75, 3.05) is 13.1 Å². The molecule has 148 valence electrons. The Hall–Kier alpha value is -2.63. The lowest BCUT2D eigenvalue weighted by Crippen LogP contribution is -2.51. The lowest BCUT2D eigenvalue weighted by molar-refractivity contribution is 0.0251. The van der Waals surface area contributed by atoms with Gasteiger partial charge < -0.3 is 10.0 Å². The summed E-state index contributed by atoms with van der Waals surface area (Å²) in [5.41, 5.74) is 2.75. The maximum absolute atomic E-state index is 12.8. The maximum atomic E-state index is 12.8. The second-order valence-corrected chi connectivity index (χ2v) is 8.34. The number of hydrogen-bond donors (Lipinski definition) is 1. The molecular weight excluding hydrogens is 354 g/mol. The average Bonchev–Trinajstić information content (AvgIpc) is 3.14. The van der Waals surface area contributed by atoms with E-state index < -0.39 is 6.09 Å². The van der Waals surface area contributed by atoms with E-state index in [2.05, 4.69) is 4.98 Å². The highest BCUT2D eigenvalue weighted by molar-refractivity contribution is 5.65. The Morgan fingerprint density at radius 2 is 2.04 bits per heavy atom. The Labute approximate surface area is 164 Å². The molecule has 0 bridgehead atoms. The minimum Gasteiger partial charge on any atom is -0.465 e. The third-order valence-corrected chi connectivity index (χ3v) is 6.71. The van der Waals surface area contributed by atoms with Crippen LogP contribution in [0.4, 0.5) is 4.79 Å². The Morgan fingerprint density at radius 1 is 1.29 bits per heavy atom. The van der Waals surface area contributed by atoms with Gasteiger partial charge in [-0.2, -0.15) is 0 Å². The van der Waals surface area contributed by atoms with Crippen molar-refractivity contribution in [1.82, 2.24) is 14.5 Å². The lowest BCUT2D eigenvalue weighted by Gasteiger charge is -2.45. The van der Waals surface area contributed by atoms with Crippen LogP contribution in [-0.4, -0.2) is 38.7 Å². The van der Waals surface area contributed by atoms with Crippen molar-refractivity contribution in [2.45, 2.75) is 45.6 Å². The van der Waals surface area contributed by atoms with Crippen LogP contribution >= 0.6 is 0 Å². The summed E-state index contributed by atoms with van der Waals surface area (Å²) in [6, 6.07) is 9.55. The lowest BCUT2D eigenvalue weighted by atomic mass is 9.69. The number of aromatic nitrogens is 2. The predicted octanol–water partition coefficient (Wildman–Crippen LogP) is 3.78. The first-order valence-electron chi connectivity index (χ1n) is 10.1. The summed E-state index contributed by atoms with van der Waals surface area (Å²) in [7, 11) is 0. The topological polar surface area (TPSA) is 75.4 Å². The normalized spacial score (nSPS) is 21.2. The predicted molar refractivity (Wildman–Crippen MR) is 107 cm³/mol. The number of rotatable bonds is 3. The summed E-state index contributed by atoms with van der Waals surface area (Å²) >= 11 is 0. The second-order valence-electron chi connectivity index (χ2n) is 8.34. The highest BCUT2D eigenvalue weighted by Crippen LogP contribution is 2.49. The standard InChI is InChI=1S/C22H27N3O3/c1-16-6-2-3-7-18(16)19-12-20(26)25(15-23-19)13-17-8-11-24(21(27)28)14-22(17)9-4-5-10-22/h2-3,6-7,12,15,17H,4-5,8-11,13-14H2,1H3,(H,27,28)/t17-/m0/s1. The zero-order valence-electron chi connectivity index (χ0n) is 16.3. The zero-order chi connectivity index (χ0) is 19.7. The van der Waals surface area contributed by atoms with Gasteiger partial charge in [-0.15, -0.1) is 0 Å². The molecule has 1 amide bonds. The number of carbonyl (C=O) groups is 1. The van der Waals surface area contributed by atoms with E-state index in [1.54, 1.807) is 21.9 Å². The number of benzene rings is 1. The minimum absolute atomic E-state index is 0.00473. The number of nitrogens with zero attached hydrogens (tertiary/aromatic N) is 3. The van der Waals surface area contributed by atoms with Crippen LogP contribution in [0.25, 0.3) is 11.3 Å². The molecule has 1 aliphatic carbocycles. The number of hydrogen-bond acceptors (Lipinski definition) is 3. The van der Waals surface area contributed by atoms with Crippen LogP contribution in [0.1, 0.15) is 37.7 Å². The molecule has 28 heavy (non-hydrogen) atoms. The van der Waals surface area contributed by atoms with Crippen molar-refractivity contribution in [3.63, 3.8) is 0 Å². The molecule has 2 aromatic rings. The highest BCUT2D eigenvalue weighted by atomic mass is 16.4. The van der Waals surface area contributed by atoms with Gasteiger partial charge in [0.25, 0.3) is 5.56 Å². The third kappa shape index (κ3) is 3.43. The highest BCUT2D eigenvalue weighted by Gasteiger charge is 2.46. The SMILES string of the molecule is Cc1ccccc1-c1cc(=O)n(C[C@@H]2CCN(C(=O)O)CC23CCCC3)cn1. The number of piperidine rings is 1. The zero-order valence-corrected chi connectivity index (χ0v) is 16.3. The summed E-state index contributed by atoms with van der Waals surface area (Å²) < 4.78 is 1.71. The molecule has 2 fully saturated rings. The van der Waals surface area contributed by atoms with Crippen LogP contribution in [0, 0.1) is 18.3 Å². The van der Waals surface area contributed by atoms with E-state index in [1.807, 2.05) is 31.2 Å². The fourth-order valence-corrected chi connectivity index (χ4v) is 5.11. The van der Waals surface area contributed by atoms with Gasteiger partial charge >= 0.3 is 6.09 Å². The van der Waals surface area contributed by atoms with E-state index in [1.165, 1.54) is 0 Å². The molecule has 2 aliphatic rings. The summed E-state index contributed by atoms with van der Waals surface area (Å²) in [4.78, 5) is 30.4. The summed E-state index contributed by atoms with van der Waals surface area (Å²) in [6.07, 6.45) is 6.02. The van der Waals surface area contributed by atoms with E-state index in [0.29, 0.717) is 31.2 Å². The summed E-state index contributed by atoms with van der Waals surface area (Å²) in [5.74, 6) is 0.314. The van der Waals surface area contributed by atoms with Crippen LogP contribution in [0.3, 0.4) is 0 Å². The van der Waals surface area contributed by atoms with E-state index in [0.717, 1.165) is 43.2 Å². The van der Waals surface area contributed by atoms with Gasteiger partial charge in [-0.3, -0.25) is 9.36 Å². The van der Waals surface area contributed by atoms with Crippen LogP contribution in [0.2, 0.25) is 0 Å². The Balaban J connectivity index is 1.58. The van der Waals surface area contributed by atoms with E-state index in [-0.39, 0.29) is 11.0 Å². The van der Waals surface area contributed by atoms with E-state index in [4.69, 9.17) is 0 Å². The van der Waals surface area contributed by atoms with Crippen molar-refractivity contribution in [2.24, 2.45) is 11.3 Å². The van der Waals surface area contributed by atoms with Gasteiger partial charge in [-0.25, -0.2) is 9.78 Å². The van der Waals surface area contributed by atoms with Crippen molar-refractivity contribution >= 4 is 6.09 Å². The fraction of sp³-hybridized carbons (Fsp3) is 0.500. The van der Waals surface area contributed by atoms with Crippen molar-refractivity contribution in [1.29, 1.82) is 0 Å². The molecule has 1 spiro atoms. The van der Waals surface area contributed by atoms with Crippen LogP contribution in [0.15, 0.2) is 41.5 Å². The molecule has 1 saturated carbocycles. The molecule has 6 nitrogen and oxygen atoms in total. The minimum atomic E-state index is -0.828. The van der Waals surface area contributed by atoms with E-state index in [9.17, 15) is 14.7 Å². The van der Waals surface area contributed by atoms with Gasteiger partial charge in [0.1, 0.15) is 0 Å². The molecule has 0 radical (unpaired) electrons. The summed E-state index contributed by atoms with van der Waals surface area (Å²) in [6.45, 7) is 3.78. The van der Waals surface area contributed by atoms with Gasteiger partial charge in [-0.05, 0) is 43.1 Å². The number of likely N-dealkylation sites (tertiary alicyclic amines) is 1. The largest absolute Gasteiger partial charge is 0.465 e. The van der Waals surface area contributed by atoms with Gasteiger partial charge in [0, 0.05) is 31.3 Å². The molecule has 1 atom stereocenters. The summed E-state index contributed by atoms with van der Waals surface area (Å²) in [5, 5.41) is 9.42. The molecule has 1 aromatic heterocycles. The van der Waals surface area contributed by atoms with Crippen molar-refractivity contribution in [3.05, 3.63) is 52.6 Å². The van der Waals surface area contributed by atoms with Crippen molar-refractivity contribution < 1.29 is 9.90 Å². The first-order valence-corrected chi connectivity index (χ1v) is 10.1. The van der Waals surface area contributed by atoms with Crippen molar-refractivity contribution in [3.8, 4) is 11.3 Å². The van der Waals surface area contributed by atoms with Crippen LogP contribution < -0.4 is 5.56 Å².